The predicted octanol–water partition coefficient (Wildman–Crippen LogP) is 2.43. The molecule has 2 rings (SSSR count). The predicted molar refractivity (Wildman–Crippen MR) is 74.0 cm³/mol. The van der Waals surface area contributed by atoms with E-state index >= 15 is 0 Å². The molecule has 0 aromatic carbocycles. The van der Waals surface area contributed by atoms with Crippen LogP contribution < -0.4 is 4.90 Å². The molecule has 0 amide bonds. The summed E-state index contributed by atoms with van der Waals surface area (Å²) in [6, 6.07) is 0. The second kappa shape index (κ2) is 6.50. The minimum Gasteiger partial charge on any atom is -0.381 e. The maximum absolute atomic E-state index is 11.4. The molecule has 18 heavy (non-hydrogen) atoms. The number of hydrogen-bond donors (Lipinski definition) is 0. The summed E-state index contributed by atoms with van der Waals surface area (Å²) in [5.74, 6) is 0.428. The Balaban J connectivity index is 1.93. The van der Waals surface area contributed by atoms with Crippen molar-refractivity contribution in [2.24, 2.45) is 5.92 Å². The summed E-state index contributed by atoms with van der Waals surface area (Å²) in [4.78, 5) is 17.8. The van der Waals surface area contributed by atoms with E-state index in [2.05, 4.69) is 9.88 Å². The van der Waals surface area contributed by atoms with E-state index < -0.39 is 0 Å². The van der Waals surface area contributed by atoms with Crippen molar-refractivity contribution in [2.45, 2.75) is 12.8 Å². The van der Waals surface area contributed by atoms with Crippen LogP contribution in [-0.4, -0.2) is 43.5 Å². The van der Waals surface area contributed by atoms with Gasteiger partial charge < -0.3 is 9.64 Å². The summed E-state index contributed by atoms with van der Waals surface area (Å²) in [7, 11) is 2.00. The number of rotatable bonds is 5. The van der Waals surface area contributed by atoms with Gasteiger partial charge in [0.05, 0.1) is 12.5 Å². The van der Waals surface area contributed by atoms with Gasteiger partial charge in [0, 0.05) is 25.6 Å². The summed E-state index contributed by atoms with van der Waals surface area (Å²) in [5, 5.41) is 2.64. The monoisotopic (exact) mass is 288 g/mol. The Bertz CT molecular complexity index is 405. The number of nitrogens with zero attached hydrogens (tertiary/aromatic N) is 2. The first-order valence-corrected chi connectivity index (χ1v) is 7.45. The number of Topliss-reactive ketones (excluding diaryl/α,β-unsaturated/α-hetero) is 1. The van der Waals surface area contributed by atoms with Crippen LogP contribution in [0.2, 0.25) is 0 Å². The largest absolute Gasteiger partial charge is 0.381 e. The molecule has 4 nitrogen and oxygen atoms in total. The number of anilines is 1. The van der Waals surface area contributed by atoms with E-state index in [0.717, 1.165) is 31.3 Å². The van der Waals surface area contributed by atoms with E-state index in [0.29, 0.717) is 11.6 Å². The summed E-state index contributed by atoms with van der Waals surface area (Å²) >= 11 is 7.00. The van der Waals surface area contributed by atoms with Gasteiger partial charge in [-0.15, -0.1) is 22.9 Å². The molecule has 1 saturated heterocycles. The van der Waals surface area contributed by atoms with Crippen molar-refractivity contribution in [3.63, 3.8) is 0 Å². The fourth-order valence-electron chi connectivity index (χ4n) is 2.05. The molecule has 1 unspecified atom stereocenters. The Labute approximate surface area is 116 Å². The minimum absolute atomic E-state index is 0.0106. The van der Waals surface area contributed by atoms with Gasteiger partial charge in [-0.3, -0.25) is 4.79 Å². The van der Waals surface area contributed by atoms with E-state index in [-0.39, 0.29) is 11.7 Å². The highest BCUT2D eigenvalue weighted by molar-refractivity contribution is 7.13. The lowest BCUT2D eigenvalue weighted by atomic mass is 10.0. The molecule has 1 aliphatic heterocycles. The van der Waals surface area contributed by atoms with Crippen molar-refractivity contribution in [1.82, 2.24) is 4.98 Å². The van der Waals surface area contributed by atoms with Crippen molar-refractivity contribution >= 4 is 33.9 Å². The van der Waals surface area contributed by atoms with Gasteiger partial charge in [0.15, 0.2) is 10.9 Å². The highest BCUT2D eigenvalue weighted by Gasteiger charge is 2.18. The number of aromatic nitrogens is 1. The molecule has 0 N–H and O–H groups in total. The average molecular weight is 289 g/mol. The smallest absolute Gasteiger partial charge is 0.196 e. The fraction of sp³-hybridized carbons (Fsp3) is 0.667. The average Bonchev–Trinajstić information content (AvgIpc) is 2.88. The van der Waals surface area contributed by atoms with Gasteiger partial charge in [-0.1, -0.05) is 0 Å². The van der Waals surface area contributed by atoms with Crippen molar-refractivity contribution in [3.8, 4) is 0 Å². The second-order valence-electron chi connectivity index (χ2n) is 4.54. The van der Waals surface area contributed by atoms with Crippen molar-refractivity contribution in [1.29, 1.82) is 0 Å². The lowest BCUT2D eigenvalue weighted by Gasteiger charge is -2.26. The van der Waals surface area contributed by atoms with Gasteiger partial charge in [0.2, 0.25) is 0 Å². The highest BCUT2D eigenvalue weighted by atomic mass is 35.5. The zero-order valence-corrected chi connectivity index (χ0v) is 12.0. The molecule has 0 saturated carbocycles. The van der Waals surface area contributed by atoms with Crippen LogP contribution in [0.1, 0.15) is 23.3 Å². The van der Waals surface area contributed by atoms with Gasteiger partial charge in [0.25, 0.3) is 0 Å². The molecule has 0 bridgehead atoms. The lowest BCUT2D eigenvalue weighted by Crippen LogP contribution is -2.30. The normalized spacial score (nSPS) is 19.8. The number of alkyl halides is 1. The Morgan fingerprint density at radius 1 is 1.72 bits per heavy atom. The number of ketones is 1. The van der Waals surface area contributed by atoms with Crippen LogP contribution >= 0.6 is 22.9 Å². The number of carbonyl (C=O) groups excluding carboxylic acids is 1. The Kier molecular flexibility index (Phi) is 4.97. The van der Waals surface area contributed by atoms with Crippen LogP contribution in [0.3, 0.4) is 0 Å². The molecule has 1 fully saturated rings. The quantitative estimate of drug-likeness (QED) is 0.616. The third-order valence-electron chi connectivity index (χ3n) is 3.01. The summed E-state index contributed by atoms with van der Waals surface area (Å²) in [5.41, 5.74) is 0.469. The molecule has 2 heterocycles. The molecular weight excluding hydrogens is 272 g/mol. The molecule has 1 aliphatic rings. The number of ether oxygens (including phenoxy) is 1. The molecular formula is C12H17ClN2O2S. The topological polar surface area (TPSA) is 42.4 Å². The van der Waals surface area contributed by atoms with E-state index in [1.165, 1.54) is 17.8 Å². The van der Waals surface area contributed by atoms with E-state index in [1.807, 2.05) is 7.05 Å². The second-order valence-corrected chi connectivity index (χ2v) is 5.64. The molecule has 0 spiro atoms. The van der Waals surface area contributed by atoms with Crippen LogP contribution in [0, 0.1) is 5.92 Å². The molecule has 6 heteroatoms. The van der Waals surface area contributed by atoms with Crippen LogP contribution in [0.15, 0.2) is 5.38 Å². The maximum atomic E-state index is 11.4. The molecule has 1 aromatic rings. The highest BCUT2D eigenvalue weighted by Crippen LogP contribution is 2.23. The van der Waals surface area contributed by atoms with E-state index in [9.17, 15) is 4.79 Å². The van der Waals surface area contributed by atoms with Gasteiger partial charge in [-0.05, 0) is 18.8 Å². The first-order chi connectivity index (χ1) is 8.70. The Hall–Kier alpha value is -0.650. The van der Waals surface area contributed by atoms with Crippen molar-refractivity contribution < 1.29 is 9.53 Å². The van der Waals surface area contributed by atoms with Gasteiger partial charge in [0.1, 0.15) is 5.69 Å². The van der Waals surface area contributed by atoms with E-state index in [1.54, 1.807) is 5.38 Å². The van der Waals surface area contributed by atoms with Gasteiger partial charge >= 0.3 is 0 Å². The standard InChI is InChI=1S/C12H17ClN2O2S/c1-15(6-9-3-2-4-17-7-9)12-14-10(8-18-12)11(16)5-13/h8-9H,2-7H2,1H3. The van der Waals surface area contributed by atoms with Crippen molar-refractivity contribution in [3.05, 3.63) is 11.1 Å². The van der Waals surface area contributed by atoms with Crippen LogP contribution in [0.25, 0.3) is 0 Å². The number of carbonyl (C=O) groups is 1. The molecule has 1 aromatic heterocycles. The SMILES string of the molecule is CN(CC1CCCOC1)c1nc(C(=O)CCl)cs1. The minimum atomic E-state index is -0.117. The number of thiazole rings is 1. The number of halogens is 1. The maximum Gasteiger partial charge on any atom is 0.196 e. The summed E-state index contributed by atoms with van der Waals surface area (Å²) < 4.78 is 5.46. The summed E-state index contributed by atoms with van der Waals surface area (Å²) in [6.07, 6.45) is 2.33. The zero-order chi connectivity index (χ0) is 13.0. The molecule has 1 atom stereocenters. The first kappa shape index (κ1) is 13.8. The van der Waals surface area contributed by atoms with Crippen LogP contribution in [0.4, 0.5) is 5.13 Å². The first-order valence-electron chi connectivity index (χ1n) is 6.04. The summed E-state index contributed by atoms with van der Waals surface area (Å²) in [6.45, 7) is 2.62. The lowest BCUT2D eigenvalue weighted by molar-refractivity contribution is 0.0576. The van der Waals surface area contributed by atoms with Crippen molar-refractivity contribution in [2.75, 3.05) is 37.6 Å². The molecule has 0 aliphatic carbocycles. The van der Waals surface area contributed by atoms with Crippen LogP contribution in [0.5, 0.6) is 0 Å². The van der Waals surface area contributed by atoms with Gasteiger partial charge in [-0.2, -0.15) is 0 Å². The molecule has 0 radical (unpaired) electrons. The van der Waals surface area contributed by atoms with Crippen LogP contribution in [-0.2, 0) is 4.74 Å². The fourth-order valence-corrected chi connectivity index (χ4v) is 3.00. The molecule has 100 valence electrons. The Morgan fingerprint density at radius 3 is 3.22 bits per heavy atom. The third kappa shape index (κ3) is 3.43. The van der Waals surface area contributed by atoms with Gasteiger partial charge in [-0.25, -0.2) is 4.98 Å². The Morgan fingerprint density at radius 2 is 2.56 bits per heavy atom. The zero-order valence-electron chi connectivity index (χ0n) is 10.4. The van der Waals surface area contributed by atoms with E-state index in [4.69, 9.17) is 16.3 Å². The third-order valence-corrected chi connectivity index (χ3v) is 4.21. The number of hydrogen-bond acceptors (Lipinski definition) is 5.